The van der Waals surface area contributed by atoms with Gasteiger partial charge < -0.3 is 19.6 Å². The molecule has 2 N–H and O–H groups in total. The van der Waals surface area contributed by atoms with Crippen LogP contribution in [0.4, 0.5) is 0 Å². The minimum Gasteiger partial charge on any atom is -0.392 e. The third-order valence-electron chi connectivity index (χ3n) is 7.16. The van der Waals surface area contributed by atoms with Crippen LogP contribution in [0.15, 0.2) is 121 Å². The van der Waals surface area contributed by atoms with Gasteiger partial charge in [-0.2, -0.15) is 0 Å². The highest BCUT2D eigenvalue weighted by atomic mass is 28.4. The van der Waals surface area contributed by atoms with E-state index >= 15 is 0 Å². The van der Waals surface area contributed by atoms with Gasteiger partial charge in [0.1, 0.15) is 0 Å². The van der Waals surface area contributed by atoms with Gasteiger partial charge in [-0.25, -0.2) is 0 Å². The molecule has 39 heavy (non-hydrogen) atoms. The van der Waals surface area contributed by atoms with Crippen LogP contribution in [-0.2, 0) is 22.3 Å². The number of aliphatic hydroxyl groups excluding tert-OH is 1. The van der Waals surface area contributed by atoms with Gasteiger partial charge in [0.15, 0.2) is 6.29 Å². The van der Waals surface area contributed by atoms with Gasteiger partial charge in [-0.05, 0) is 33.5 Å². The fraction of sp³-hybridized carbons (Fsp3) is 0.294. The van der Waals surface area contributed by atoms with Crippen molar-refractivity contribution in [2.45, 2.75) is 64.3 Å². The van der Waals surface area contributed by atoms with Crippen LogP contribution in [-0.4, -0.2) is 31.9 Å². The Bertz CT molecular complexity index is 1210. The first-order valence-electron chi connectivity index (χ1n) is 13.7. The third-order valence-corrected chi connectivity index (χ3v) is 12.2. The van der Waals surface area contributed by atoms with Crippen molar-refractivity contribution in [3.05, 3.63) is 132 Å². The van der Waals surface area contributed by atoms with E-state index in [2.05, 4.69) is 98.9 Å². The van der Waals surface area contributed by atoms with E-state index in [1.54, 1.807) is 6.92 Å². The summed E-state index contributed by atoms with van der Waals surface area (Å²) >= 11 is 0. The van der Waals surface area contributed by atoms with Gasteiger partial charge in [0, 0.05) is 6.54 Å². The maximum Gasteiger partial charge on any atom is 0.264 e. The van der Waals surface area contributed by atoms with E-state index in [4.69, 9.17) is 9.16 Å². The molecule has 0 radical (unpaired) electrons. The van der Waals surface area contributed by atoms with Gasteiger partial charge in [0.2, 0.25) is 0 Å². The van der Waals surface area contributed by atoms with Gasteiger partial charge in [-0.1, -0.05) is 142 Å². The summed E-state index contributed by atoms with van der Waals surface area (Å²) in [5, 5.41) is 16.8. The molecule has 4 aromatic carbocycles. The Morgan fingerprint density at radius 2 is 1.13 bits per heavy atom. The van der Waals surface area contributed by atoms with E-state index in [1.165, 1.54) is 10.4 Å². The Labute approximate surface area is 234 Å². The second-order valence-corrected chi connectivity index (χ2v) is 15.3. The number of aliphatic hydroxyl groups is 1. The van der Waals surface area contributed by atoms with Crippen molar-refractivity contribution in [1.29, 1.82) is 0 Å². The lowest BCUT2D eigenvalue weighted by atomic mass is 10.1. The van der Waals surface area contributed by atoms with Crippen LogP contribution in [0, 0.1) is 0 Å². The van der Waals surface area contributed by atoms with Crippen molar-refractivity contribution in [2.75, 3.05) is 0 Å². The van der Waals surface area contributed by atoms with Crippen LogP contribution >= 0.6 is 0 Å². The largest absolute Gasteiger partial charge is 0.392 e. The number of rotatable bonds is 12. The molecular weight excluding hydrogens is 498 g/mol. The SMILES string of the molecule is C[C@H](O)[C@@H](NCc1ccccc1)C(OCc1ccccc1)O[Si](c1ccccc1)(c1ccccc1)C(C)(C)C. The van der Waals surface area contributed by atoms with Gasteiger partial charge >= 0.3 is 0 Å². The zero-order valence-electron chi connectivity index (χ0n) is 23.5. The quantitative estimate of drug-likeness (QED) is 0.181. The van der Waals surface area contributed by atoms with Crippen molar-refractivity contribution < 1.29 is 14.3 Å². The van der Waals surface area contributed by atoms with E-state index in [9.17, 15) is 5.11 Å². The molecular formula is C34H41NO3Si. The molecule has 4 nitrogen and oxygen atoms in total. The van der Waals surface area contributed by atoms with E-state index < -0.39 is 26.8 Å². The van der Waals surface area contributed by atoms with Crippen molar-refractivity contribution in [1.82, 2.24) is 5.32 Å². The second-order valence-electron chi connectivity index (χ2n) is 11.1. The zero-order chi connectivity index (χ0) is 27.7. The molecule has 0 aromatic heterocycles. The highest BCUT2D eigenvalue weighted by Gasteiger charge is 2.52. The predicted molar refractivity (Wildman–Crippen MR) is 162 cm³/mol. The molecule has 0 fully saturated rings. The van der Waals surface area contributed by atoms with Crippen LogP contribution in [0.1, 0.15) is 38.8 Å². The highest BCUT2D eigenvalue weighted by Crippen LogP contribution is 2.38. The molecule has 4 aromatic rings. The fourth-order valence-electron chi connectivity index (χ4n) is 5.15. The summed E-state index contributed by atoms with van der Waals surface area (Å²) in [7, 11) is -2.94. The van der Waals surface area contributed by atoms with E-state index in [1.807, 2.05) is 48.5 Å². The first-order valence-corrected chi connectivity index (χ1v) is 15.6. The molecule has 1 unspecified atom stereocenters. The summed E-state index contributed by atoms with van der Waals surface area (Å²) in [4.78, 5) is 0. The van der Waals surface area contributed by atoms with Crippen molar-refractivity contribution in [3.63, 3.8) is 0 Å². The number of ether oxygens (including phenoxy) is 1. The molecule has 0 aliphatic heterocycles. The molecule has 0 saturated heterocycles. The first kappa shape index (κ1) is 28.9. The number of nitrogens with one attached hydrogen (secondary N) is 1. The summed E-state index contributed by atoms with van der Waals surface area (Å²) in [6, 6.07) is 41.0. The number of hydrogen-bond acceptors (Lipinski definition) is 4. The minimum atomic E-state index is -2.94. The van der Waals surface area contributed by atoms with Gasteiger partial charge in [0.05, 0.1) is 18.8 Å². The van der Waals surface area contributed by atoms with Crippen LogP contribution in [0.3, 0.4) is 0 Å². The molecule has 0 aliphatic carbocycles. The van der Waals surface area contributed by atoms with E-state index in [0.29, 0.717) is 13.2 Å². The molecule has 3 atom stereocenters. The standard InChI is InChI=1S/C34H41NO3Si/c1-27(36)32(35-25-28-17-9-5-10-18-28)33(37-26-29-19-11-6-12-20-29)38-39(34(2,3)4,30-21-13-7-14-22-30)31-23-15-8-16-24-31/h5-24,27,32-33,35-36H,25-26H2,1-4H3/t27-,32+,33?/m0/s1. The molecule has 5 heteroatoms. The molecule has 4 rings (SSSR count). The smallest absolute Gasteiger partial charge is 0.264 e. The Balaban J connectivity index is 1.78. The van der Waals surface area contributed by atoms with Crippen LogP contribution in [0.5, 0.6) is 0 Å². The normalized spacial score (nSPS) is 14.5. The zero-order valence-corrected chi connectivity index (χ0v) is 24.5. The van der Waals surface area contributed by atoms with Gasteiger partial charge in [-0.3, -0.25) is 0 Å². The number of benzene rings is 4. The summed E-state index contributed by atoms with van der Waals surface area (Å²) < 4.78 is 14.0. The lowest BCUT2D eigenvalue weighted by Gasteiger charge is -2.46. The Hall–Kier alpha value is -3.06. The summed E-state index contributed by atoms with van der Waals surface area (Å²) in [6.07, 6.45) is -1.42. The summed E-state index contributed by atoms with van der Waals surface area (Å²) in [5.74, 6) is 0. The average Bonchev–Trinajstić information content (AvgIpc) is 2.95. The topological polar surface area (TPSA) is 50.7 Å². The Kier molecular flexibility index (Phi) is 9.89. The van der Waals surface area contributed by atoms with Crippen molar-refractivity contribution in [2.24, 2.45) is 0 Å². The monoisotopic (exact) mass is 539 g/mol. The number of hydrogen-bond donors (Lipinski definition) is 2. The summed E-state index contributed by atoms with van der Waals surface area (Å²) in [5.41, 5.74) is 2.19. The highest BCUT2D eigenvalue weighted by molar-refractivity contribution is 6.99. The van der Waals surface area contributed by atoms with Crippen LogP contribution in [0.2, 0.25) is 5.04 Å². The third kappa shape index (κ3) is 7.12. The Morgan fingerprint density at radius 3 is 1.56 bits per heavy atom. The minimum absolute atomic E-state index is 0.229. The summed E-state index contributed by atoms with van der Waals surface area (Å²) in [6.45, 7) is 9.52. The maximum absolute atomic E-state index is 11.1. The first-order chi connectivity index (χ1) is 18.8. The molecule has 0 spiro atoms. The van der Waals surface area contributed by atoms with Gasteiger partial charge in [0.25, 0.3) is 8.32 Å². The molecule has 204 valence electrons. The fourth-order valence-corrected chi connectivity index (χ4v) is 9.73. The van der Waals surface area contributed by atoms with Crippen LogP contribution < -0.4 is 15.7 Å². The predicted octanol–water partition coefficient (Wildman–Crippen LogP) is 5.65. The molecule has 0 amide bonds. The van der Waals surface area contributed by atoms with E-state index in [-0.39, 0.29) is 5.04 Å². The average molecular weight is 540 g/mol. The lowest BCUT2D eigenvalue weighted by molar-refractivity contribution is -0.134. The molecule has 0 saturated carbocycles. The lowest BCUT2D eigenvalue weighted by Crippen LogP contribution is -2.69. The van der Waals surface area contributed by atoms with Crippen molar-refractivity contribution in [3.8, 4) is 0 Å². The molecule has 0 bridgehead atoms. The molecule has 0 heterocycles. The van der Waals surface area contributed by atoms with Crippen LogP contribution in [0.25, 0.3) is 0 Å². The molecule has 0 aliphatic rings. The van der Waals surface area contributed by atoms with Crippen molar-refractivity contribution >= 4 is 18.7 Å². The second kappa shape index (κ2) is 13.3. The Morgan fingerprint density at radius 1 is 0.692 bits per heavy atom. The van der Waals surface area contributed by atoms with E-state index in [0.717, 1.165) is 11.1 Å². The van der Waals surface area contributed by atoms with Gasteiger partial charge in [-0.15, -0.1) is 0 Å². The maximum atomic E-state index is 11.1.